The number of rotatable bonds is 5. The molecule has 2 unspecified atom stereocenters. The Morgan fingerprint density at radius 2 is 2.20 bits per heavy atom. The lowest BCUT2D eigenvalue weighted by atomic mass is 10.00. The molecule has 0 aliphatic carbocycles. The lowest BCUT2D eigenvalue weighted by Gasteiger charge is -2.16. The number of amides is 1. The first kappa shape index (κ1) is 12.2. The summed E-state index contributed by atoms with van der Waals surface area (Å²) in [5.41, 5.74) is 0. The summed E-state index contributed by atoms with van der Waals surface area (Å²) in [6, 6.07) is 0. The van der Waals surface area contributed by atoms with Gasteiger partial charge in [-0.05, 0) is 19.8 Å². The number of hydrogen-bond acceptors (Lipinski definition) is 3. The van der Waals surface area contributed by atoms with Crippen molar-refractivity contribution in [3.05, 3.63) is 0 Å². The van der Waals surface area contributed by atoms with Gasteiger partial charge in [0.1, 0.15) is 5.78 Å². The maximum Gasteiger partial charge on any atom is 0.227 e. The van der Waals surface area contributed by atoms with Gasteiger partial charge >= 0.3 is 0 Å². The van der Waals surface area contributed by atoms with E-state index in [1.807, 2.05) is 0 Å². The van der Waals surface area contributed by atoms with Crippen molar-refractivity contribution >= 4 is 11.7 Å². The number of Topliss-reactive ketones (excluding diaryl/α,β-unsaturated/α-hetero) is 1. The highest BCUT2D eigenvalue weighted by molar-refractivity contribution is 5.96. The van der Waals surface area contributed by atoms with Crippen LogP contribution in [0, 0.1) is 5.92 Å². The maximum atomic E-state index is 11.2. The van der Waals surface area contributed by atoms with Crippen LogP contribution in [0.25, 0.3) is 0 Å². The molecule has 1 rings (SSSR count). The maximum absolute atomic E-state index is 11.2. The second-order valence-corrected chi connectivity index (χ2v) is 4.05. The third kappa shape index (κ3) is 4.00. The Bertz CT molecular complexity index is 240. The van der Waals surface area contributed by atoms with Gasteiger partial charge in [0.25, 0.3) is 0 Å². The van der Waals surface area contributed by atoms with Gasteiger partial charge in [0.05, 0.1) is 12.5 Å². The largest absolute Gasteiger partial charge is 0.378 e. The van der Waals surface area contributed by atoms with Crippen LogP contribution < -0.4 is 5.32 Å². The van der Waals surface area contributed by atoms with E-state index in [1.165, 1.54) is 6.92 Å². The highest BCUT2D eigenvalue weighted by Gasteiger charge is 2.26. The Hall–Kier alpha value is -0.900. The Kier molecular flexibility index (Phi) is 4.75. The summed E-state index contributed by atoms with van der Waals surface area (Å²) in [4.78, 5) is 21.9. The molecule has 1 N–H and O–H groups in total. The molecule has 1 aliphatic rings. The normalized spacial score (nSPS) is 25.2. The first-order valence-corrected chi connectivity index (χ1v) is 5.51. The topological polar surface area (TPSA) is 55.4 Å². The van der Waals surface area contributed by atoms with Crippen molar-refractivity contribution in [2.45, 2.75) is 39.2 Å². The molecule has 0 radical (unpaired) electrons. The molecule has 86 valence electrons. The van der Waals surface area contributed by atoms with Gasteiger partial charge in [-0.25, -0.2) is 0 Å². The van der Waals surface area contributed by atoms with E-state index in [9.17, 15) is 9.59 Å². The molecule has 0 aromatic rings. The van der Waals surface area contributed by atoms with Gasteiger partial charge in [0.15, 0.2) is 0 Å². The molecule has 1 amide bonds. The summed E-state index contributed by atoms with van der Waals surface area (Å²) in [5.74, 6) is 0.136. The van der Waals surface area contributed by atoms with Crippen LogP contribution in [0.4, 0.5) is 0 Å². The molecular formula is C11H19NO3. The molecular weight excluding hydrogens is 194 g/mol. The van der Waals surface area contributed by atoms with Crippen LogP contribution >= 0.6 is 0 Å². The molecule has 0 aromatic carbocycles. The second-order valence-electron chi connectivity index (χ2n) is 4.05. The Labute approximate surface area is 90.4 Å². The number of carbonyl (C=O) groups excluding carboxylic acids is 2. The molecule has 15 heavy (non-hydrogen) atoms. The number of ether oxygens (including phenoxy) is 1. The van der Waals surface area contributed by atoms with Crippen LogP contribution in [0.5, 0.6) is 0 Å². The standard InChI is InChI=1S/C11H19NO3/c1-3-10-9(4-5-15-10)7-12-11(14)6-8(2)13/h9-10H,3-7H2,1-2H3,(H,12,14). The van der Waals surface area contributed by atoms with E-state index in [2.05, 4.69) is 12.2 Å². The van der Waals surface area contributed by atoms with Crippen LogP contribution in [0.1, 0.15) is 33.1 Å². The zero-order chi connectivity index (χ0) is 11.3. The molecule has 2 atom stereocenters. The van der Waals surface area contributed by atoms with E-state index < -0.39 is 0 Å². The summed E-state index contributed by atoms with van der Waals surface area (Å²) in [7, 11) is 0. The van der Waals surface area contributed by atoms with Gasteiger partial charge in [-0.1, -0.05) is 6.92 Å². The second kappa shape index (κ2) is 5.85. The van der Waals surface area contributed by atoms with Crippen molar-refractivity contribution in [2.75, 3.05) is 13.2 Å². The van der Waals surface area contributed by atoms with E-state index in [0.717, 1.165) is 19.4 Å². The minimum Gasteiger partial charge on any atom is -0.378 e. The van der Waals surface area contributed by atoms with Crippen LogP contribution in [-0.2, 0) is 14.3 Å². The summed E-state index contributed by atoms with van der Waals surface area (Å²) in [5, 5.41) is 2.78. The summed E-state index contributed by atoms with van der Waals surface area (Å²) in [6.45, 7) is 4.92. The van der Waals surface area contributed by atoms with E-state index in [4.69, 9.17) is 4.74 Å². The van der Waals surface area contributed by atoms with Gasteiger partial charge in [-0.15, -0.1) is 0 Å². The number of hydrogen-bond donors (Lipinski definition) is 1. The molecule has 1 heterocycles. The van der Waals surface area contributed by atoms with E-state index >= 15 is 0 Å². The molecule has 0 bridgehead atoms. The molecule has 0 spiro atoms. The molecule has 1 fully saturated rings. The van der Waals surface area contributed by atoms with Gasteiger partial charge in [0, 0.05) is 19.1 Å². The SMILES string of the molecule is CCC1OCCC1CNC(=O)CC(C)=O. The zero-order valence-corrected chi connectivity index (χ0v) is 9.41. The predicted molar refractivity (Wildman–Crippen MR) is 56.4 cm³/mol. The minimum absolute atomic E-state index is 0.00955. The summed E-state index contributed by atoms with van der Waals surface area (Å²) in [6.07, 6.45) is 2.24. The van der Waals surface area contributed by atoms with Crippen molar-refractivity contribution in [1.29, 1.82) is 0 Å². The third-order valence-electron chi connectivity index (χ3n) is 2.72. The molecule has 1 saturated heterocycles. The first-order valence-electron chi connectivity index (χ1n) is 5.51. The molecule has 0 saturated carbocycles. The van der Waals surface area contributed by atoms with Gasteiger partial charge in [0.2, 0.25) is 5.91 Å². The van der Waals surface area contributed by atoms with Gasteiger partial charge < -0.3 is 10.1 Å². The Balaban J connectivity index is 2.24. The van der Waals surface area contributed by atoms with Crippen molar-refractivity contribution < 1.29 is 14.3 Å². The lowest BCUT2D eigenvalue weighted by molar-refractivity contribution is -0.127. The van der Waals surface area contributed by atoms with Crippen LogP contribution in [0.3, 0.4) is 0 Å². The van der Waals surface area contributed by atoms with E-state index in [1.54, 1.807) is 0 Å². The molecule has 4 nitrogen and oxygen atoms in total. The first-order chi connectivity index (χ1) is 7.13. The highest BCUT2D eigenvalue weighted by atomic mass is 16.5. The third-order valence-corrected chi connectivity index (χ3v) is 2.72. The summed E-state index contributed by atoms with van der Waals surface area (Å²) < 4.78 is 5.51. The fourth-order valence-corrected chi connectivity index (χ4v) is 1.91. The lowest BCUT2D eigenvalue weighted by Crippen LogP contribution is -2.33. The van der Waals surface area contributed by atoms with Crippen molar-refractivity contribution in [1.82, 2.24) is 5.32 Å². The fraction of sp³-hybridized carbons (Fsp3) is 0.818. The predicted octanol–water partition coefficient (Wildman–Crippen LogP) is 0.897. The van der Waals surface area contributed by atoms with E-state index in [-0.39, 0.29) is 24.2 Å². The number of ketones is 1. The molecule has 4 heteroatoms. The van der Waals surface area contributed by atoms with Crippen molar-refractivity contribution in [2.24, 2.45) is 5.92 Å². The van der Waals surface area contributed by atoms with Gasteiger partial charge in [-0.2, -0.15) is 0 Å². The van der Waals surface area contributed by atoms with Gasteiger partial charge in [-0.3, -0.25) is 9.59 Å². The van der Waals surface area contributed by atoms with Crippen LogP contribution in [-0.4, -0.2) is 30.9 Å². The highest BCUT2D eigenvalue weighted by Crippen LogP contribution is 2.22. The van der Waals surface area contributed by atoms with Crippen LogP contribution in [0.15, 0.2) is 0 Å². The van der Waals surface area contributed by atoms with Crippen molar-refractivity contribution in [3.63, 3.8) is 0 Å². The quantitative estimate of drug-likeness (QED) is 0.690. The van der Waals surface area contributed by atoms with E-state index in [0.29, 0.717) is 12.5 Å². The molecule has 0 aromatic heterocycles. The zero-order valence-electron chi connectivity index (χ0n) is 9.41. The van der Waals surface area contributed by atoms with Crippen molar-refractivity contribution in [3.8, 4) is 0 Å². The average Bonchev–Trinajstić information content (AvgIpc) is 2.60. The number of nitrogens with one attached hydrogen (secondary N) is 1. The minimum atomic E-state index is -0.177. The summed E-state index contributed by atoms with van der Waals surface area (Å²) >= 11 is 0. The number of carbonyl (C=O) groups is 2. The Morgan fingerprint density at radius 3 is 2.80 bits per heavy atom. The fourth-order valence-electron chi connectivity index (χ4n) is 1.91. The average molecular weight is 213 g/mol. The van der Waals surface area contributed by atoms with Crippen LogP contribution in [0.2, 0.25) is 0 Å². The smallest absolute Gasteiger partial charge is 0.227 e. The molecule has 1 aliphatic heterocycles. The Morgan fingerprint density at radius 1 is 1.47 bits per heavy atom. The monoisotopic (exact) mass is 213 g/mol.